The first-order valence-electron chi connectivity index (χ1n) is 12.7. The molecule has 188 valence electrons. The number of rotatable bonds is 6. The van der Waals surface area contributed by atoms with E-state index in [1.807, 2.05) is 61.1 Å². The molecule has 0 radical (unpaired) electrons. The Hall–Kier alpha value is -4.50. The van der Waals surface area contributed by atoms with E-state index < -0.39 is 0 Å². The molecule has 0 saturated carbocycles. The number of nitrogens with zero attached hydrogens (tertiary/aromatic N) is 3. The van der Waals surface area contributed by atoms with E-state index >= 15 is 0 Å². The van der Waals surface area contributed by atoms with Crippen molar-refractivity contribution in [1.29, 1.82) is 0 Å². The Morgan fingerprint density at radius 3 is 1.38 bits per heavy atom. The second kappa shape index (κ2) is 11.1. The first kappa shape index (κ1) is 24.8. The summed E-state index contributed by atoms with van der Waals surface area (Å²) in [5, 5.41) is 0. The van der Waals surface area contributed by atoms with Gasteiger partial charge in [-0.15, -0.1) is 0 Å². The maximum absolute atomic E-state index is 4.82. The van der Waals surface area contributed by atoms with Gasteiger partial charge >= 0.3 is 240 Å². The van der Waals surface area contributed by atoms with Gasteiger partial charge in [-0.3, -0.25) is 0 Å². The molecule has 0 saturated heterocycles. The van der Waals surface area contributed by atoms with Gasteiger partial charge in [-0.25, -0.2) is 0 Å². The van der Waals surface area contributed by atoms with Crippen molar-refractivity contribution in [3.63, 3.8) is 0 Å². The minimum atomic E-state index is 0.922. The number of hydrogen-bond acceptors (Lipinski definition) is 3. The standard InChI is InChI=1S/C35H24N3.Ir/c1-2-25-20-21-30(33-19-9-12-24-38-33)35(29-16-6-4-14-27(29)32-18-8-11-23-37-32)34(25)28-15-5-3-13-26(28)31-17-7-10-22-36-31;/h2-20,22-24H,1H2;. The van der Waals surface area contributed by atoms with E-state index in [2.05, 4.69) is 98.3 Å². The van der Waals surface area contributed by atoms with Gasteiger partial charge in [-0.05, 0) is 0 Å². The van der Waals surface area contributed by atoms with Crippen LogP contribution in [-0.2, 0) is 18.9 Å². The van der Waals surface area contributed by atoms with Gasteiger partial charge in [0.1, 0.15) is 0 Å². The molecule has 0 N–H and O–H groups in total. The van der Waals surface area contributed by atoms with Crippen LogP contribution < -0.4 is 4.08 Å². The van der Waals surface area contributed by atoms with Crippen LogP contribution >= 0.6 is 0 Å². The number of aromatic nitrogens is 3. The van der Waals surface area contributed by atoms with Crippen molar-refractivity contribution < 1.29 is 18.9 Å². The predicted molar refractivity (Wildman–Crippen MR) is 157 cm³/mol. The molecule has 0 aliphatic carbocycles. The number of pyridine rings is 3. The van der Waals surface area contributed by atoms with E-state index in [-0.39, 0.29) is 0 Å². The zero-order valence-electron chi connectivity index (χ0n) is 21.1. The van der Waals surface area contributed by atoms with Crippen molar-refractivity contribution >= 4 is 10.2 Å². The van der Waals surface area contributed by atoms with Gasteiger partial charge in [0.25, 0.3) is 0 Å². The first-order valence-corrected chi connectivity index (χ1v) is 13.9. The molecule has 0 unspecified atom stereocenters. The normalized spacial score (nSPS) is 10.8. The molecule has 4 heteroatoms. The molecule has 0 atom stereocenters. The van der Waals surface area contributed by atoms with Crippen LogP contribution in [0.3, 0.4) is 0 Å². The summed E-state index contributed by atoms with van der Waals surface area (Å²) in [6, 6.07) is 37.3. The Morgan fingerprint density at radius 1 is 0.487 bits per heavy atom. The topological polar surface area (TPSA) is 38.7 Å². The zero-order valence-corrected chi connectivity index (χ0v) is 23.5. The monoisotopic (exact) mass is 679 g/mol. The molecule has 6 rings (SSSR count). The second-order valence-corrected chi connectivity index (χ2v) is 10.3. The SMILES string of the molecule is C=Cc1c[c]([Ir])c(-c2ccccn2)c(-c2ccccc2-c2ccccn2)c1-c1ccccc1-c1ccccn1. The maximum atomic E-state index is 4.82. The van der Waals surface area contributed by atoms with E-state index in [9.17, 15) is 0 Å². The van der Waals surface area contributed by atoms with Crippen LogP contribution in [0.5, 0.6) is 0 Å². The van der Waals surface area contributed by atoms with Gasteiger partial charge in [0.2, 0.25) is 0 Å². The molecule has 0 fully saturated rings. The number of benzene rings is 3. The average molecular weight is 679 g/mol. The molecule has 0 bridgehead atoms. The van der Waals surface area contributed by atoms with Crippen molar-refractivity contribution in [2.45, 2.75) is 0 Å². The molecular formula is C35H24IrN3. The van der Waals surface area contributed by atoms with Gasteiger partial charge in [-0.1, -0.05) is 0 Å². The van der Waals surface area contributed by atoms with Crippen LogP contribution in [-0.4, -0.2) is 15.0 Å². The van der Waals surface area contributed by atoms with Crippen LogP contribution in [0.4, 0.5) is 0 Å². The summed E-state index contributed by atoms with van der Waals surface area (Å²) in [6.45, 7) is 4.23. The minimum absolute atomic E-state index is 0.922. The molecule has 0 spiro atoms. The van der Waals surface area contributed by atoms with Crippen LogP contribution in [0.2, 0.25) is 0 Å². The summed E-state index contributed by atoms with van der Waals surface area (Å²) >= 11 is 2.15. The quantitative estimate of drug-likeness (QED) is 0.179. The Labute approximate surface area is 239 Å². The van der Waals surface area contributed by atoms with Crippen LogP contribution in [0.15, 0.2) is 134 Å². The number of hydrogen-bond donors (Lipinski definition) is 0. The van der Waals surface area contributed by atoms with E-state index in [1.54, 1.807) is 0 Å². The van der Waals surface area contributed by atoms with Crippen LogP contribution in [0.25, 0.3) is 62.1 Å². The summed E-state index contributed by atoms with van der Waals surface area (Å²) in [5.41, 5.74) is 11.4. The van der Waals surface area contributed by atoms with E-state index in [1.165, 1.54) is 0 Å². The van der Waals surface area contributed by atoms with Crippen molar-refractivity contribution in [3.05, 3.63) is 140 Å². The van der Waals surface area contributed by atoms with E-state index in [0.29, 0.717) is 0 Å². The summed E-state index contributed by atoms with van der Waals surface area (Å²) in [4.78, 5) is 14.2. The van der Waals surface area contributed by atoms with Gasteiger partial charge in [0, 0.05) is 0 Å². The second-order valence-electron chi connectivity index (χ2n) is 8.99. The molecule has 3 aromatic carbocycles. The molecule has 3 heterocycles. The summed E-state index contributed by atoms with van der Waals surface area (Å²) in [5.74, 6) is 0. The molecule has 0 amide bonds. The van der Waals surface area contributed by atoms with E-state index in [0.717, 1.165) is 65.7 Å². The first-order chi connectivity index (χ1) is 19.3. The van der Waals surface area contributed by atoms with Crippen molar-refractivity contribution in [2.75, 3.05) is 0 Å². The van der Waals surface area contributed by atoms with Gasteiger partial charge in [0.15, 0.2) is 0 Å². The zero-order chi connectivity index (χ0) is 26.6. The molecule has 0 aliphatic rings. The summed E-state index contributed by atoms with van der Waals surface area (Å²) in [7, 11) is 0. The molecule has 0 aliphatic heterocycles. The average Bonchev–Trinajstić information content (AvgIpc) is 3.02. The third-order valence-corrected chi connectivity index (χ3v) is 7.65. The van der Waals surface area contributed by atoms with Gasteiger partial charge < -0.3 is 0 Å². The third kappa shape index (κ3) is 4.77. The Morgan fingerprint density at radius 2 is 0.923 bits per heavy atom. The summed E-state index contributed by atoms with van der Waals surface area (Å²) in [6.07, 6.45) is 7.49. The van der Waals surface area contributed by atoms with Gasteiger partial charge in [-0.2, -0.15) is 0 Å². The Bertz CT molecular complexity index is 1770. The van der Waals surface area contributed by atoms with Crippen LogP contribution in [0, 0.1) is 0 Å². The van der Waals surface area contributed by atoms with Crippen molar-refractivity contribution in [2.24, 2.45) is 0 Å². The Balaban J connectivity index is 1.78. The van der Waals surface area contributed by atoms with E-state index in [4.69, 9.17) is 15.0 Å². The fourth-order valence-electron chi connectivity index (χ4n) is 5.03. The molecule has 6 aromatic rings. The summed E-state index contributed by atoms with van der Waals surface area (Å²) < 4.78 is 1.13. The van der Waals surface area contributed by atoms with Gasteiger partial charge in [0.05, 0.1) is 0 Å². The van der Waals surface area contributed by atoms with Crippen LogP contribution in [0.1, 0.15) is 5.56 Å². The fourth-order valence-corrected chi connectivity index (χ4v) is 6.00. The Kier molecular flexibility index (Phi) is 7.05. The molecule has 3 aromatic heterocycles. The third-order valence-electron chi connectivity index (χ3n) is 6.71. The molecular weight excluding hydrogens is 655 g/mol. The molecule has 39 heavy (non-hydrogen) atoms. The predicted octanol–water partition coefficient (Wildman–Crippen LogP) is 8.02. The molecule has 3 nitrogen and oxygen atoms in total. The fraction of sp³-hybridized carbons (Fsp3) is 0. The van der Waals surface area contributed by atoms with Crippen molar-refractivity contribution in [1.82, 2.24) is 15.0 Å². The van der Waals surface area contributed by atoms with Crippen molar-refractivity contribution in [3.8, 4) is 56.0 Å².